The van der Waals surface area contributed by atoms with Crippen LogP contribution in [-0.2, 0) is 32.1 Å². The average Bonchev–Trinajstić information content (AvgIpc) is 3.44. The summed E-state index contributed by atoms with van der Waals surface area (Å²) >= 11 is 0. The second kappa shape index (κ2) is 14.9. The van der Waals surface area contributed by atoms with Crippen molar-refractivity contribution >= 4 is 24.0 Å². The number of hydrogen-bond donors (Lipinski definition) is 4. The van der Waals surface area contributed by atoms with Crippen LogP contribution in [0.15, 0.2) is 60.7 Å². The quantitative estimate of drug-likeness (QED) is 0.311. The fraction of sp³-hybridized carbons (Fsp3) is 0.500. The molecule has 0 bridgehead atoms. The van der Waals surface area contributed by atoms with E-state index in [0.29, 0.717) is 12.8 Å². The van der Waals surface area contributed by atoms with Crippen molar-refractivity contribution in [1.29, 1.82) is 0 Å². The van der Waals surface area contributed by atoms with Gasteiger partial charge in [-0.05, 0) is 65.0 Å². The van der Waals surface area contributed by atoms with Gasteiger partial charge >= 0.3 is 12.2 Å². The van der Waals surface area contributed by atoms with Gasteiger partial charge in [-0.1, -0.05) is 60.7 Å². The summed E-state index contributed by atoms with van der Waals surface area (Å²) in [5.41, 5.74) is 0.0975. The Morgan fingerprint density at radius 1 is 0.930 bits per heavy atom. The molecule has 2 aromatic rings. The molecule has 0 spiro atoms. The largest absolute Gasteiger partial charge is 0.445 e. The van der Waals surface area contributed by atoms with Crippen LogP contribution >= 0.6 is 0 Å². The third-order valence-electron chi connectivity index (χ3n) is 6.82. The first-order valence-corrected chi connectivity index (χ1v) is 14.5. The molecule has 2 aromatic carbocycles. The van der Waals surface area contributed by atoms with E-state index in [0.717, 1.165) is 11.1 Å². The maximum absolute atomic E-state index is 13.6. The van der Waals surface area contributed by atoms with Gasteiger partial charge in [0.1, 0.15) is 18.2 Å². The minimum absolute atomic E-state index is 0.0295. The summed E-state index contributed by atoms with van der Waals surface area (Å²) in [6.07, 6.45) is -1.85. The van der Waals surface area contributed by atoms with E-state index in [1.165, 1.54) is 4.90 Å². The fourth-order valence-corrected chi connectivity index (χ4v) is 4.74. The molecule has 1 aliphatic rings. The van der Waals surface area contributed by atoms with Gasteiger partial charge in [-0.2, -0.15) is 0 Å². The van der Waals surface area contributed by atoms with Gasteiger partial charge < -0.3 is 35.4 Å². The minimum Gasteiger partial charge on any atom is -0.445 e. The van der Waals surface area contributed by atoms with Crippen molar-refractivity contribution in [3.63, 3.8) is 0 Å². The molecule has 3 rings (SSSR count). The SMILES string of the molecule is CC(C)(CNC(=O)OC(C)(C)C)NC(=O)[C@@H]1CCCN1C(=O)[C@@H](O)[C@H](Cc1ccccc1)NC(=O)OCc1ccccc1. The zero-order valence-electron chi connectivity index (χ0n) is 25.6. The Bertz CT molecular complexity index is 1230. The molecule has 1 saturated heterocycles. The zero-order valence-corrected chi connectivity index (χ0v) is 25.6. The first kappa shape index (κ1) is 33.4. The average molecular weight is 597 g/mol. The van der Waals surface area contributed by atoms with Crippen molar-refractivity contribution in [1.82, 2.24) is 20.9 Å². The number of carbonyl (C=O) groups excluding carboxylic acids is 4. The predicted molar refractivity (Wildman–Crippen MR) is 161 cm³/mol. The molecule has 0 unspecified atom stereocenters. The number of carbonyl (C=O) groups is 4. The number of benzene rings is 2. The predicted octanol–water partition coefficient (Wildman–Crippen LogP) is 3.30. The van der Waals surface area contributed by atoms with Crippen molar-refractivity contribution in [2.45, 2.75) is 89.8 Å². The fourth-order valence-electron chi connectivity index (χ4n) is 4.74. The third-order valence-corrected chi connectivity index (χ3v) is 6.82. The molecule has 11 heteroatoms. The molecule has 0 saturated carbocycles. The molecule has 4 N–H and O–H groups in total. The minimum atomic E-state index is -1.63. The van der Waals surface area contributed by atoms with Gasteiger partial charge in [-0.15, -0.1) is 0 Å². The maximum Gasteiger partial charge on any atom is 0.407 e. The first-order valence-electron chi connectivity index (χ1n) is 14.5. The molecule has 1 aliphatic heterocycles. The Kier molecular flexibility index (Phi) is 11.5. The molecule has 1 fully saturated rings. The van der Waals surface area contributed by atoms with Crippen molar-refractivity contribution < 1.29 is 33.8 Å². The number of rotatable bonds is 11. The number of likely N-dealkylation sites (tertiary alicyclic amines) is 1. The molecular weight excluding hydrogens is 552 g/mol. The van der Waals surface area contributed by atoms with Crippen LogP contribution in [0.4, 0.5) is 9.59 Å². The van der Waals surface area contributed by atoms with Crippen LogP contribution in [0.3, 0.4) is 0 Å². The highest BCUT2D eigenvalue weighted by atomic mass is 16.6. The smallest absolute Gasteiger partial charge is 0.407 e. The van der Waals surface area contributed by atoms with Crippen LogP contribution in [0.5, 0.6) is 0 Å². The molecule has 234 valence electrons. The topological polar surface area (TPSA) is 146 Å². The van der Waals surface area contributed by atoms with Crippen LogP contribution < -0.4 is 16.0 Å². The van der Waals surface area contributed by atoms with Gasteiger partial charge in [0.05, 0.1) is 11.6 Å². The van der Waals surface area contributed by atoms with Gasteiger partial charge in [0, 0.05) is 13.1 Å². The summed E-state index contributed by atoms with van der Waals surface area (Å²) in [6, 6.07) is 16.5. The van der Waals surface area contributed by atoms with Gasteiger partial charge in [0.25, 0.3) is 5.91 Å². The Morgan fingerprint density at radius 2 is 1.53 bits per heavy atom. The number of ether oxygens (including phenoxy) is 2. The summed E-state index contributed by atoms with van der Waals surface area (Å²) in [6.45, 7) is 9.18. The Labute approximate surface area is 253 Å². The number of nitrogens with zero attached hydrogens (tertiary/aromatic N) is 1. The molecule has 11 nitrogen and oxygen atoms in total. The molecule has 0 aliphatic carbocycles. The van der Waals surface area contributed by atoms with E-state index in [9.17, 15) is 24.3 Å². The molecular formula is C32H44N4O7. The van der Waals surface area contributed by atoms with Crippen LogP contribution in [0.1, 0.15) is 58.6 Å². The summed E-state index contributed by atoms with van der Waals surface area (Å²) in [4.78, 5) is 53.1. The summed E-state index contributed by atoms with van der Waals surface area (Å²) in [5.74, 6) is -1.06. The molecule has 0 aromatic heterocycles. The van der Waals surface area contributed by atoms with Crippen molar-refractivity contribution in [3.8, 4) is 0 Å². The van der Waals surface area contributed by atoms with E-state index in [1.807, 2.05) is 60.7 Å². The van der Waals surface area contributed by atoms with Gasteiger partial charge in [-0.3, -0.25) is 9.59 Å². The Balaban J connectivity index is 1.65. The lowest BCUT2D eigenvalue weighted by molar-refractivity contribution is -0.146. The van der Waals surface area contributed by atoms with Crippen LogP contribution in [-0.4, -0.2) is 76.4 Å². The highest BCUT2D eigenvalue weighted by Crippen LogP contribution is 2.21. The monoisotopic (exact) mass is 596 g/mol. The molecule has 3 atom stereocenters. The van der Waals surface area contributed by atoms with Crippen molar-refractivity contribution in [3.05, 3.63) is 71.8 Å². The van der Waals surface area contributed by atoms with E-state index >= 15 is 0 Å². The van der Waals surface area contributed by atoms with E-state index in [4.69, 9.17) is 9.47 Å². The lowest BCUT2D eigenvalue weighted by Gasteiger charge is -2.33. The second-order valence-corrected chi connectivity index (χ2v) is 12.4. The maximum atomic E-state index is 13.6. The van der Waals surface area contributed by atoms with E-state index in [2.05, 4.69) is 16.0 Å². The standard InChI is InChI=1S/C32H44N4O7/c1-31(2,3)43-29(40)33-21-32(4,5)35-27(38)25-17-12-18-36(25)28(39)26(37)24(19-22-13-8-6-9-14-22)34-30(41)42-20-23-15-10-7-11-16-23/h6-11,13-16,24-26,37H,12,17-21H2,1-5H3,(H,33,40)(H,34,41)(H,35,38)/t24-,25-,26-/m0/s1. The van der Waals surface area contributed by atoms with E-state index in [-0.39, 0.29) is 26.1 Å². The first-order chi connectivity index (χ1) is 20.2. The number of nitrogens with one attached hydrogen (secondary N) is 3. The molecule has 43 heavy (non-hydrogen) atoms. The molecule has 1 heterocycles. The van der Waals surface area contributed by atoms with Gasteiger partial charge in [0.2, 0.25) is 5.91 Å². The zero-order chi connectivity index (χ0) is 31.6. The summed E-state index contributed by atoms with van der Waals surface area (Å²) in [7, 11) is 0. The molecule has 4 amide bonds. The van der Waals surface area contributed by atoms with Crippen LogP contribution in [0, 0.1) is 0 Å². The number of aliphatic hydroxyl groups excluding tert-OH is 1. The summed E-state index contributed by atoms with van der Waals surface area (Å²) in [5, 5.41) is 19.5. The van der Waals surface area contributed by atoms with Crippen LogP contribution in [0.2, 0.25) is 0 Å². The van der Waals surface area contributed by atoms with Gasteiger partial charge in [0.15, 0.2) is 6.10 Å². The lowest BCUT2D eigenvalue weighted by atomic mass is 10.00. The van der Waals surface area contributed by atoms with Crippen molar-refractivity contribution in [2.24, 2.45) is 0 Å². The second-order valence-electron chi connectivity index (χ2n) is 12.4. The normalized spacial score (nSPS) is 16.5. The Hall–Kier alpha value is -4.12. The highest BCUT2D eigenvalue weighted by molar-refractivity contribution is 5.91. The van der Waals surface area contributed by atoms with Crippen LogP contribution in [0.25, 0.3) is 0 Å². The van der Waals surface area contributed by atoms with Gasteiger partial charge in [-0.25, -0.2) is 9.59 Å². The van der Waals surface area contributed by atoms with E-state index in [1.54, 1.807) is 34.6 Å². The number of aliphatic hydroxyl groups is 1. The number of amides is 4. The Morgan fingerprint density at radius 3 is 2.14 bits per heavy atom. The molecule has 0 radical (unpaired) electrons. The van der Waals surface area contributed by atoms with Crippen molar-refractivity contribution in [2.75, 3.05) is 13.1 Å². The lowest BCUT2D eigenvalue weighted by Crippen LogP contribution is -2.59. The summed E-state index contributed by atoms with van der Waals surface area (Å²) < 4.78 is 10.6. The third kappa shape index (κ3) is 10.9. The highest BCUT2D eigenvalue weighted by Gasteiger charge is 2.41. The number of hydrogen-bond acceptors (Lipinski definition) is 7. The van der Waals surface area contributed by atoms with E-state index < -0.39 is 53.3 Å². The number of alkyl carbamates (subject to hydrolysis) is 2.